The van der Waals surface area contributed by atoms with Gasteiger partial charge in [0.15, 0.2) is 0 Å². The van der Waals surface area contributed by atoms with Crippen LogP contribution in [0, 0.1) is 0 Å². The molecule has 0 atom stereocenters. The molecule has 1 N–H and O–H groups in total. The average Bonchev–Trinajstić information content (AvgIpc) is 2.54. The minimum Gasteiger partial charge on any atom is -0.497 e. The summed E-state index contributed by atoms with van der Waals surface area (Å²) in [5.74, 6) is 0.885. The first-order valence-electron chi connectivity index (χ1n) is 7.22. The van der Waals surface area contributed by atoms with Gasteiger partial charge in [0.25, 0.3) is 0 Å². The summed E-state index contributed by atoms with van der Waals surface area (Å²) in [4.78, 5) is 6.48. The number of aromatic nitrogens is 1. The summed E-state index contributed by atoms with van der Waals surface area (Å²) in [7, 11) is 3.78. The summed E-state index contributed by atoms with van der Waals surface area (Å²) in [6.45, 7) is 4.78. The predicted octanol–water partition coefficient (Wildman–Crippen LogP) is 2.84. The summed E-state index contributed by atoms with van der Waals surface area (Å²) in [6.07, 6.45) is 3.77. The van der Waals surface area contributed by atoms with Gasteiger partial charge < -0.3 is 15.0 Å². The number of benzene rings is 1. The average molecular weight is 285 g/mol. The van der Waals surface area contributed by atoms with E-state index >= 15 is 0 Å². The van der Waals surface area contributed by atoms with Crippen molar-refractivity contribution >= 4 is 5.69 Å². The van der Waals surface area contributed by atoms with E-state index < -0.39 is 0 Å². The van der Waals surface area contributed by atoms with Gasteiger partial charge in [-0.05, 0) is 35.9 Å². The van der Waals surface area contributed by atoms with Gasteiger partial charge in [0.05, 0.1) is 19.0 Å². The van der Waals surface area contributed by atoms with Gasteiger partial charge in [-0.15, -0.1) is 0 Å². The van der Waals surface area contributed by atoms with E-state index in [-0.39, 0.29) is 0 Å². The van der Waals surface area contributed by atoms with Gasteiger partial charge in [-0.2, -0.15) is 0 Å². The van der Waals surface area contributed by atoms with Gasteiger partial charge in [-0.25, -0.2) is 0 Å². The molecule has 0 saturated heterocycles. The normalized spacial score (nSPS) is 10.4. The second-order valence-electron chi connectivity index (χ2n) is 4.99. The van der Waals surface area contributed by atoms with E-state index in [0.717, 1.165) is 31.1 Å². The van der Waals surface area contributed by atoms with Crippen LogP contribution in [-0.2, 0) is 13.1 Å². The number of rotatable bonds is 7. The van der Waals surface area contributed by atoms with Crippen LogP contribution in [0.25, 0.3) is 0 Å². The third-order valence-corrected chi connectivity index (χ3v) is 3.44. The van der Waals surface area contributed by atoms with Gasteiger partial charge in [-0.3, -0.25) is 4.98 Å². The minimum absolute atomic E-state index is 0.842. The number of hydrogen-bond donors (Lipinski definition) is 1. The van der Waals surface area contributed by atoms with E-state index in [1.807, 2.05) is 24.5 Å². The molecule has 0 aliphatic rings. The SMILES string of the molecule is CCNCc1ccncc1N(C)Cc1ccc(OC)cc1. The third-order valence-electron chi connectivity index (χ3n) is 3.44. The number of ether oxygens (including phenoxy) is 1. The fraction of sp³-hybridized carbons (Fsp3) is 0.353. The van der Waals surface area contributed by atoms with E-state index in [2.05, 4.69) is 47.4 Å². The molecular weight excluding hydrogens is 262 g/mol. The molecule has 0 radical (unpaired) electrons. The molecule has 1 aromatic heterocycles. The molecule has 0 amide bonds. The second kappa shape index (κ2) is 7.64. The molecule has 0 bridgehead atoms. The van der Waals surface area contributed by atoms with Crippen LogP contribution in [0.5, 0.6) is 5.75 Å². The van der Waals surface area contributed by atoms with Crippen molar-refractivity contribution in [3.8, 4) is 5.75 Å². The first-order valence-corrected chi connectivity index (χ1v) is 7.22. The van der Waals surface area contributed by atoms with Crippen LogP contribution in [0.2, 0.25) is 0 Å². The Bertz CT molecular complexity index is 554. The molecule has 0 unspecified atom stereocenters. The summed E-state index contributed by atoms with van der Waals surface area (Å²) >= 11 is 0. The highest BCUT2D eigenvalue weighted by molar-refractivity contribution is 5.51. The maximum atomic E-state index is 5.19. The number of nitrogens with one attached hydrogen (secondary N) is 1. The van der Waals surface area contributed by atoms with Gasteiger partial charge in [0, 0.05) is 26.3 Å². The molecule has 0 aliphatic carbocycles. The summed E-state index contributed by atoms with van der Waals surface area (Å²) in [6, 6.07) is 10.2. The van der Waals surface area contributed by atoms with Crippen molar-refractivity contribution in [2.75, 3.05) is 25.6 Å². The molecule has 4 nitrogen and oxygen atoms in total. The van der Waals surface area contributed by atoms with Crippen LogP contribution >= 0.6 is 0 Å². The van der Waals surface area contributed by atoms with Crippen LogP contribution < -0.4 is 15.0 Å². The van der Waals surface area contributed by atoms with Gasteiger partial charge in [0.1, 0.15) is 5.75 Å². The van der Waals surface area contributed by atoms with Gasteiger partial charge >= 0.3 is 0 Å². The zero-order chi connectivity index (χ0) is 15.1. The fourth-order valence-electron chi connectivity index (χ4n) is 2.26. The molecule has 112 valence electrons. The molecule has 21 heavy (non-hydrogen) atoms. The van der Waals surface area contributed by atoms with Crippen molar-refractivity contribution in [2.45, 2.75) is 20.0 Å². The van der Waals surface area contributed by atoms with E-state index in [9.17, 15) is 0 Å². The molecule has 1 heterocycles. The molecule has 0 spiro atoms. The summed E-state index contributed by atoms with van der Waals surface area (Å²) in [5, 5.41) is 3.37. The highest BCUT2D eigenvalue weighted by atomic mass is 16.5. The predicted molar refractivity (Wildman–Crippen MR) is 86.7 cm³/mol. The Kier molecular flexibility index (Phi) is 5.58. The lowest BCUT2D eigenvalue weighted by Gasteiger charge is -2.22. The van der Waals surface area contributed by atoms with Crippen LogP contribution in [-0.4, -0.2) is 25.7 Å². The van der Waals surface area contributed by atoms with Crippen LogP contribution in [0.4, 0.5) is 5.69 Å². The molecule has 2 rings (SSSR count). The highest BCUT2D eigenvalue weighted by Gasteiger charge is 2.08. The Morgan fingerprint density at radius 2 is 1.95 bits per heavy atom. The van der Waals surface area contributed by atoms with E-state index in [1.54, 1.807) is 7.11 Å². The Hall–Kier alpha value is -2.07. The van der Waals surface area contributed by atoms with Crippen LogP contribution in [0.1, 0.15) is 18.1 Å². The smallest absolute Gasteiger partial charge is 0.118 e. The molecule has 0 aliphatic heterocycles. The Balaban J connectivity index is 2.09. The number of methoxy groups -OCH3 is 1. The zero-order valence-electron chi connectivity index (χ0n) is 13.0. The number of nitrogens with zero attached hydrogens (tertiary/aromatic N) is 2. The lowest BCUT2D eigenvalue weighted by atomic mass is 10.1. The van der Waals surface area contributed by atoms with E-state index in [0.29, 0.717) is 0 Å². The summed E-state index contributed by atoms with van der Waals surface area (Å²) < 4.78 is 5.19. The maximum absolute atomic E-state index is 5.19. The highest BCUT2D eigenvalue weighted by Crippen LogP contribution is 2.20. The molecule has 0 fully saturated rings. The van der Waals surface area contributed by atoms with Crippen LogP contribution in [0.3, 0.4) is 0 Å². The number of pyridine rings is 1. The molecule has 0 saturated carbocycles. The van der Waals surface area contributed by atoms with Crippen molar-refractivity contribution in [2.24, 2.45) is 0 Å². The molecule has 2 aromatic rings. The Morgan fingerprint density at radius 1 is 1.19 bits per heavy atom. The molecule has 4 heteroatoms. The van der Waals surface area contributed by atoms with Crippen molar-refractivity contribution < 1.29 is 4.74 Å². The largest absolute Gasteiger partial charge is 0.497 e. The third kappa shape index (κ3) is 4.20. The second-order valence-corrected chi connectivity index (χ2v) is 4.99. The number of anilines is 1. The molecular formula is C17H23N3O. The lowest BCUT2D eigenvalue weighted by Crippen LogP contribution is -2.20. The zero-order valence-corrected chi connectivity index (χ0v) is 13.0. The lowest BCUT2D eigenvalue weighted by molar-refractivity contribution is 0.414. The first-order chi connectivity index (χ1) is 10.2. The van der Waals surface area contributed by atoms with Crippen molar-refractivity contribution in [1.82, 2.24) is 10.3 Å². The van der Waals surface area contributed by atoms with Crippen molar-refractivity contribution in [3.63, 3.8) is 0 Å². The Morgan fingerprint density at radius 3 is 2.62 bits per heavy atom. The van der Waals surface area contributed by atoms with Gasteiger partial charge in [0.2, 0.25) is 0 Å². The fourth-order valence-corrected chi connectivity index (χ4v) is 2.26. The Labute approximate surface area is 126 Å². The van der Waals surface area contributed by atoms with Gasteiger partial charge in [-0.1, -0.05) is 19.1 Å². The van der Waals surface area contributed by atoms with E-state index in [1.165, 1.54) is 11.1 Å². The summed E-state index contributed by atoms with van der Waals surface area (Å²) in [5.41, 5.74) is 3.67. The minimum atomic E-state index is 0.842. The topological polar surface area (TPSA) is 37.4 Å². The monoisotopic (exact) mass is 285 g/mol. The number of hydrogen-bond acceptors (Lipinski definition) is 4. The maximum Gasteiger partial charge on any atom is 0.118 e. The van der Waals surface area contributed by atoms with Crippen molar-refractivity contribution in [3.05, 3.63) is 53.9 Å². The van der Waals surface area contributed by atoms with E-state index in [4.69, 9.17) is 4.74 Å². The van der Waals surface area contributed by atoms with Crippen molar-refractivity contribution in [1.29, 1.82) is 0 Å². The quantitative estimate of drug-likeness (QED) is 0.849. The molecule has 1 aromatic carbocycles. The standard InChI is InChI=1S/C17H23N3O/c1-4-18-11-15-9-10-19-12-17(15)20(2)13-14-5-7-16(21-3)8-6-14/h5-10,12,18H,4,11,13H2,1-3H3. The first kappa shape index (κ1) is 15.3. The van der Waals surface area contributed by atoms with Crippen LogP contribution in [0.15, 0.2) is 42.7 Å².